The molecule has 4 rings (SSSR count). The monoisotopic (exact) mass is 404 g/mol. The molecule has 146 valence electrons. The molecule has 3 aromatic rings. The zero-order valence-corrected chi connectivity index (χ0v) is 15.4. The second-order valence-corrected chi connectivity index (χ2v) is 8.59. The first-order valence-corrected chi connectivity index (χ1v) is 10.0. The van der Waals surface area contributed by atoms with Gasteiger partial charge in [-0.3, -0.25) is 4.79 Å². The molecule has 0 bridgehead atoms. The summed E-state index contributed by atoms with van der Waals surface area (Å²) in [5, 5.41) is 2.78. The average molecular weight is 404 g/mol. The van der Waals surface area contributed by atoms with E-state index in [1.165, 1.54) is 16.4 Å². The van der Waals surface area contributed by atoms with Gasteiger partial charge >= 0.3 is 5.69 Å². The SMILES string of the molecule is O=C(NCc1ccc2[nH]c(=O)[nH]c2c1)C1CN(S(=O)(=O)c2ccc(F)cc2)C1. The number of carbonyl (C=O) groups is 1. The first kappa shape index (κ1) is 18.4. The van der Waals surface area contributed by atoms with Crippen LogP contribution in [0.25, 0.3) is 11.0 Å². The van der Waals surface area contributed by atoms with E-state index in [-0.39, 0.29) is 36.1 Å². The summed E-state index contributed by atoms with van der Waals surface area (Å²) >= 11 is 0. The van der Waals surface area contributed by atoms with Gasteiger partial charge < -0.3 is 15.3 Å². The summed E-state index contributed by atoms with van der Waals surface area (Å²) < 4.78 is 39.0. The highest BCUT2D eigenvalue weighted by Gasteiger charge is 2.40. The molecule has 0 aliphatic carbocycles. The Hall–Kier alpha value is -2.98. The van der Waals surface area contributed by atoms with Gasteiger partial charge in [-0.2, -0.15) is 4.31 Å². The van der Waals surface area contributed by atoms with Crippen molar-refractivity contribution in [3.8, 4) is 0 Å². The number of amides is 1. The van der Waals surface area contributed by atoms with Gasteiger partial charge in [-0.15, -0.1) is 0 Å². The molecule has 1 fully saturated rings. The molecule has 1 aliphatic rings. The maximum Gasteiger partial charge on any atom is 0.323 e. The molecule has 10 heteroatoms. The van der Waals surface area contributed by atoms with Crippen LogP contribution in [0.15, 0.2) is 52.2 Å². The van der Waals surface area contributed by atoms with Gasteiger partial charge in [-0.25, -0.2) is 17.6 Å². The number of fused-ring (bicyclic) bond motifs is 1. The number of hydrogen-bond donors (Lipinski definition) is 3. The Morgan fingerprint density at radius 3 is 2.50 bits per heavy atom. The maximum absolute atomic E-state index is 13.0. The van der Waals surface area contributed by atoms with Crippen LogP contribution >= 0.6 is 0 Å². The summed E-state index contributed by atoms with van der Waals surface area (Å²) in [7, 11) is -3.73. The van der Waals surface area contributed by atoms with Crippen molar-refractivity contribution in [2.24, 2.45) is 5.92 Å². The molecule has 1 saturated heterocycles. The normalized spacial score (nSPS) is 15.5. The van der Waals surface area contributed by atoms with Gasteiger partial charge in [-0.1, -0.05) is 6.07 Å². The van der Waals surface area contributed by atoms with Gasteiger partial charge in [-0.05, 0) is 42.0 Å². The van der Waals surface area contributed by atoms with Gasteiger partial charge in [0.1, 0.15) is 5.82 Å². The van der Waals surface area contributed by atoms with E-state index in [1.54, 1.807) is 18.2 Å². The minimum atomic E-state index is -3.73. The molecule has 2 heterocycles. The zero-order chi connectivity index (χ0) is 19.9. The first-order valence-electron chi connectivity index (χ1n) is 8.57. The molecule has 28 heavy (non-hydrogen) atoms. The highest BCUT2D eigenvalue weighted by molar-refractivity contribution is 7.89. The van der Waals surface area contributed by atoms with E-state index >= 15 is 0 Å². The molecular weight excluding hydrogens is 387 g/mol. The van der Waals surface area contributed by atoms with Gasteiger partial charge in [0.2, 0.25) is 15.9 Å². The van der Waals surface area contributed by atoms with Crippen LogP contribution in [-0.4, -0.2) is 41.7 Å². The zero-order valence-electron chi connectivity index (χ0n) is 14.6. The molecule has 1 aromatic heterocycles. The number of aromatic amines is 2. The number of carbonyl (C=O) groups excluding carboxylic acids is 1. The predicted octanol–water partition coefficient (Wildman–Crippen LogP) is 0.932. The largest absolute Gasteiger partial charge is 0.352 e. The van der Waals surface area contributed by atoms with Crippen LogP contribution in [0.4, 0.5) is 4.39 Å². The van der Waals surface area contributed by atoms with Gasteiger partial charge in [0.25, 0.3) is 0 Å². The van der Waals surface area contributed by atoms with E-state index in [0.29, 0.717) is 11.0 Å². The Kier molecular flexibility index (Phi) is 4.52. The van der Waals surface area contributed by atoms with E-state index in [2.05, 4.69) is 15.3 Å². The Bertz CT molecular complexity index is 1190. The van der Waals surface area contributed by atoms with E-state index in [1.807, 2.05) is 0 Å². The minimum absolute atomic E-state index is 0.00144. The molecule has 2 aromatic carbocycles. The molecule has 3 N–H and O–H groups in total. The lowest BCUT2D eigenvalue weighted by Gasteiger charge is -2.37. The second-order valence-electron chi connectivity index (χ2n) is 6.65. The van der Waals surface area contributed by atoms with Crippen LogP contribution < -0.4 is 11.0 Å². The lowest BCUT2D eigenvalue weighted by Crippen LogP contribution is -2.55. The maximum atomic E-state index is 13.0. The summed E-state index contributed by atoms with van der Waals surface area (Å²) in [6, 6.07) is 9.89. The second kappa shape index (κ2) is 6.88. The lowest BCUT2D eigenvalue weighted by atomic mass is 10.0. The van der Waals surface area contributed by atoms with E-state index in [0.717, 1.165) is 17.7 Å². The van der Waals surface area contributed by atoms with Crippen LogP contribution in [-0.2, 0) is 21.4 Å². The molecule has 0 saturated carbocycles. The molecule has 0 atom stereocenters. The topological polar surface area (TPSA) is 115 Å². The Morgan fingerprint density at radius 2 is 1.79 bits per heavy atom. The number of sulfonamides is 1. The van der Waals surface area contributed by atoms with Crippen LogP contribution in [0.3, 0.4) is 0 Å². The molecule has 0 radical (unpaired) electrons. The first-order chi connectivity index (χ1) is 13.3. The predicted molar refractivity (Wildman–Crippen MR) is 99.4 cm³/mol. The van der Waals surface area contributed by atoms with Gasteiger partial charge in [0.05, 0.1) is 21.8 Å². The van der Waals surface area contributed by atoms with E-state index < -0.39 is 21.8 Å². The fraction of sp³-hybridized carbons (Fsp3) is 0.222. The van der Waals surface area contributed by atoms with Crippen molar-refractivity contribution in [3.63, 3.8) is 0 Å². The Balaban J connectivity index is 1.34. The van der Waals surface area contributed by atoms with Crippen molar-refractivity contribution in [1.82, 2.24) is 19.6 Å². The summed E-state index contributed by atoms with van der Waals surface area (Å²) in [5.41, 5.74) is 1.84. The van der Waals surface area contributed by atoms with E-state index in [9.17, 15) is 22.4 Å². The molecule has 1 amide bonds. The number of rotatable bonds is 5. The number of nitrogens with zero attached hydrogens (tertiary/aromatic N) is 1. The molecular formula is C18H17FN4O4S. The lowest BCUT2D eigenvalue weighted by molar-refractivity contribution is -0.128. The summed E-state index contributed by atoms with van der Waals surface area (Å²) in [4.78, 5) is 28.8. The molecule has 1 aliphatic heterocycles. The van der Waals surface area contributed by atoms with Crippen LogP contribution in [0, 0.1) is 11.7 Å². The van der Waals surface area contributed by atoms with Crippen molar-refractivity contribution >= 4 is 27.0 Å². The summed E-state index contributed by atoms with van der Waals surface area (Å²) in [6.45, 7) is 0.425. The number of aromatic nitrogens is 2. The van der Waals surface area contributed by atoms with Crippen LogP contribution in [0.1, 0.15) is 5.56 Å². The Morgan fingerprint density at radius 1 is 1.11 bits per heavy atom. The van der Waals surface area contributed by atoms with Crippen molar-refractivity contribution in [2.75, 3.05) is 13.1 Å². The van der Waals surface area contributed by atoms with E-state index in [4.69, 9.17) is 0 Å². The number of benzene rings is 2. The fourth-order valence-corrected chi connectivity index (χ4v) is 4.61. The third-order valence-electron chi connectivity index (χ3n) is 4.72. The van der Waals surface area contributed by atoms with Crippen molar-refractivity contribution in [2.45, 2.75) is 11.4 Å². The van der Waals surface area contributed by atoms with Crippen molar-refractivity contribution in [1.29, 1.82) is 0 Å². The van der Waals surface area contributed by atoms with Crippen LogP contribution in [0.2, 0.25) is 0 Å². The van der Waals surface area contributed by atoms with Crippen molar-refractivity contribution in [3.05, 3.63) is 64.3 Å². The van der Waals surface area contributed by atoms with Gasteiger partial charge in [0, 0.05) is 19.6 Å². The fourth-order valence-electron chi connectivity index (χ4n) is 3.08. The number of hydrogen-bond acceptors (Lipinski definition) is 4. The van der Waals surface area contributed by atoms with Crippen molar-refractivity contribution < 1.29 is 17.6 Å². The highest BCUT2D eigenvalue weighted by atomic mass is 32.2. The summed E-state index contributed by atoms with van der Waals surface area (Å²) in [6.07, 6.45) is 0. The quantitative estimate of drug-likeness (QED) is 0.587. The molecule has 0 unspecified atom stereocenters. The highest BCUT2D eigenvalue weighted by Crippen LogP contribution is 2.25. The number of H-pyrrole nitrogens is 2. The third kappa shape index (κ3) is 3.43. The smallest absolute Gasteiger partial charge is 0.323 e. The Labute approximate surface area is 159 Å². The van der Waals surface area contributed by atoms with Gasteiger partial charge in [0.15, 0.2) is 0 Å². The molecule has 8 nitrogen and oxygen atoms in total. The van der Waals surface area contributed by atoms with Crippen LogP contribution in [0.5, 0.6) is 0 Å². The minimum Gasteiger partial charge on any atom is -0.352 e. The standard InChI is InChI=1S/C18H17FN4O4S/c19-13-2-4-14(5-3-13)28(26,27)23-9-12(10-23)17(24)20-8-11-1-6-15-16(7-11)22-18(25)21-15/h1-7,12H,8-10H2,(H,20,24)(H2,21,22,25). The third-order valence-corrected chi connectivity index (χ3v) is 6.56. The number of halogens is 1. The number of imidazole rings is 1. The molecule has 0 spiro atoms. The average Bonchev–Trinajstić information content (AvgIpc) is 2.98. The number of nitrogens with one attached hydrogen (secondary N) is 3. The summed E-state index contributed by atoms with van der Waals surface area (Å²) in [5.74, 6) is -1.19.